The summed E-state index contributed by atoms with van der Waals surface area (Å²) in [7, 11) is 0. The van der Waals surface area contributed by atoms with Crippen LogP contribution < -0.4 is 14.2 Å². The van der Waals surface area contributed by atoms with Crippen LogP contribution in [0.2, 0.25) is 0 Å². The summed E-state index contributed by atoms with van der Waals surface area (Å²) in [6.07, 6.45) is 0.998. The van der Waals surface area contributed by atoms with Crippen molar-refractivity contribution < 1.29 is 18.6 Å². The number of hydrogen-bond acceptors (Lipinski definition) is 7. The van der Waals surface area contributed by atoms with Gasteiger partial charge in [0, 0.05) is 6.42 Å². The molecule has 7 heteroatoms. The van der Waals surface area contributed by atoms with E-state index >= 15 is 0 Å². The molecule has 0 amide bonds. The van der Waals surface area contributed by atoms with E-state index in [1.54, 1.807) is 0 Å². The van der Waals surface area contributed by atoms with Gasteiger partial charge >= 0.3 is 6.08 Å². The molecule has 0 aliphatic carbocycles. The molecule has 6 aromatic rings. The van der Waals surface area contributed by atoms with Crippen molar-refractivity contribution in [2.45, 2.75) is 6.42 Å². The molecular formula is C28H20N2O4S. The van der Waals surface area contributed by atoms with Gasteiger partial charge in [-0.2, -0.15) is 4.98 Å². The Balaban J connectivity index is 1.00. The second kappa shape index (κ2) is 9.48. The lowest BCUT2D eigenvalue weighted by Gasteiger charge is -2.08. The molecule has 2 aromatic heterocycles. The summed E-state index contributed by atoms with van der Waals surface area (Å²) in [6.45, 7) is 0.559. The normalized spacial score (nSPS) is 11.1. The van der Waals surface area contributed by atoms with Crippen LogP contribution in [0.15, 0.2) is 101 Å². The number of oxazole rings is 1. The lowest BCUT2D eigenvalue weighted by molar-refractivity contribution is 0.319. The summed E-state index contributed by atoms with van der Waals surface area (Å²) in [5.74, 6) is 2.17. The van der Waals surface area contributed by atoms with Crippen molar-refractivity contribution >= 4 is 32.7 Å². The number of ether oxygens (including phenoxy) is 3. The van der Waals surface area contributed by atoms with E-state index in [-0.39, 0.29) is 6.08 Å². The predicted molar refractivity (Wildman–Crippen MR) is 136 cm³/mol. The highest BCUT2D eigenvalue weighted by atomic mass is 32.1. The van der Waals surface area contributed by atoms with Gasteiger partial charge in [0.25, 0.3) is 5.19 Å². The standard InChI is InChI=1S/C28H20N2O4S/c1-3-7-25-23(5-1)29-27(34-25)32-21-15-13-20(14-16-21)31-18-17-19-9-11-22(12-10-19)33-28-30-24-6-2-4-8-26(24)35-28/h1-16H,17-18H2. The van der Waals surface area contributed by atoms with Crippen LogP contribution in [-0.2, 0) is 6.42 Å². The molecule has 0 saturated carbocycles. The highest BCUT2D eigenvalue weighted by Gasteiger charge is 2.08. The lowest BCUT2D eigenvalue weighted by Crippen LogP contribution is -2.01. The minimum Gasteiger partial charge on any atom is -0.493 e. The average molecular weight is 481 g/mol. The molecule has 0 spiro atoms. The van der Waals surface area contributed by atoms with Crippen LogP contribution in [0.1, 0.15) is 5.56 Å². The Morgan fingerprint density at radius 1 is 0.657 bits per heavy atom. The predicted octanol–water partition coefficient (Wildman–Crippen LogP) is 7.64. The number of thiazole rings is 1. The first-order chi connectivity index (χ1) is 17.3. The topological polar surface area (TPSA) is 66.6 Å². The van der Waals surface area contributed by atoms with E-state index < -0.39 is 0 Å². The molecule has 0 fully saturated rings. The Bertz CT molecular complexity index is 1390. The smallest absolute Gasteiger partial charge is 0.400 e. The van der Waals surface area contributed by atoms with Gasteiger partial charge in [0.1, 0.15) is 22.8 Å². The van der Waals surface area contributed by atoms with Crippen LogP contribution in [0.5, 0.6) is 28.5 Å². The van der Waals surface area contributed by atoms with Crippen molar-refractivity contribution in [3.05, 3.63) is 103 Å². The number of fused-ring (bicyclic) bond motifs is 2. The molecule has 0 aliphatic heterocycles. The first-order valence-corrected chi connectivity index (χ1v) is 12.0. The Kier molecular flexibility index (Phi) is 5.74. The molecular weight excluding hydrogens is 460 g/mol. The maximum atomic E-state index is 5.92. The van der Waals surface area contributed by atoms with E-state index in [1.807, 2.05) is 97.1 Å². The van der Waals surface area contributed by atoms with Crippen molar-refractivity contribution in [1.82, 2.24) is 9.97 Å². The van der Waals surface area contributed by atoms with E-state index in [1.165, 1.54) is 11.3 Å². The first kappa shape index (κ1) is 21.2. The molecule has 0 atom stereocenters. The van der Waals surface area contributed by atoms with Crippen LogP contribution in [0.25, 0.3) is 21.3 Å². The quantitative estimate of drug-likeness (QED) is 0.223. The van der Waals surface area contributed by atoms with Gasteiger partial charge in [0.05, 0.1) is 16.8 Å². The van der Waals surface area contributed by atoms with Crippen molar-refractivity contribution in [2.75, 3.05) is 6.61 Å². The van der Waals surface area contributed by atoms with Gasteiger partial charge in [-0.05, 0) is 66.2 Å². The molecule has 0 unspecified atom stereocenters. The summed E-state index contributed by atoms with van der Waals surface area (Å²) in [5.41, 5.74) is 3.57. The van der Waals surface area contributed by atoms with Crippen LogP contribution in [0.4, 0.5) is 0 Å². The Labute approximate surface area is 205 Å². The third-order valence-corrected chi connectivity index (χ3v) is 6.28. The number of aromatic nitrogens is 2. The Hall–Kier alpha value is -4.36. The molecule has 4 aromatic carbocycles. The van der Waals surface area contributed by atoms with Gasteiger partial charge in [-0.3, -0.25) is 0 Å². The summed E-state index contributed by atoms with van der Waals surface area (Å²) in [6, 6.07) is 31.0. The van der Waals surface area contributed by atoms with Crippen LogP contribution >= 0.6 is 11.3 Å². The fourth-order valence-electron chi connectivity index (χ4n) is 3.61. The van der Waals surface area contributed by atoms with Gasteiger partial charge < -0.3 is 18.6 Å². The minimum absolute atomic E-state index is 0.218. The van der Waals surface area contributed by atoms with Crippen molar-refractivity contribution in [1.29, 1.82) is 0 Å². The molecule has 35 heavy (non-hydrogen) atoms. The monoisotopic (exact) mass is 480 g/mol. The van der Waals surface area contributed by atoms with Crippen molar-refractivity contribution in [2.24, 2.45) is 0 Å². The van der Waals surface area contributed by atoms with E-state index in [0.29, 0.717) is 23.1 Å². The zero-order chi connectivity index (χ0) is 23.5. The first-order valence-electron chi connectivity index (χ1n) is 11.2. The summed E-state index contributed by atoms with van der Waals surface area (Å²) < 4.78 is 24.2. The molecule has 0 bridgehead atoms. The fraction of sp³-hybridized carbons (Fsp3) is 0.0714. The van der Waals surface area contributed by atoms with Crippen molar-refractivity contribution in [3.8, 4) is 28.5 Å². The maximum Gasteiger partial charge on any atom is 0.400 e. The SMILES string of the molecule is c1ccc2oc(Oc3ccc(OCCc4ccc(Oc5nc6ccccc6s5)cc4)cc3)nc2c1. The fourth-order valence-corrected chi connectivity index (χ4v) is 4.44. The van der Waals surface area contributed by atoms with E-state index in [2.05, 4.69) is 9.97 Å². The van der Waals surface area contributed by atoms with Gasteiger partial charge in [-0.1, -0.05) is 47.7 Å². The Morgan fingerprint density at radius 2 is 1.34 bits per heavy atom. The molecule has 6 rings (SSSR count). The van der Waals surface area contributed by atoms with Gasteiger partial charge in [-0.15, -0.1) is 0 Å². The summed E-state index contributed by atoms with van der Waals surface area (Å²) in [4.78, 5) is 8.83. The number of hydrogen-bond donors (Lipinski definition) is 0. The van der Waals surface area contributed by atoms with E-state index in [0.717, 1.165) is 39.2 Å². The second-order valence-corrected chi connectivity index (χ2v) is 8.81. The molecule has 0 radical (unpaired) electrons. The zero-order valence-corrected chi connectivity index (χ0v) is 19.4. The molecule has 2 heterocycles. The van der Waals surface area contributed by atoms with Crippen LogP contribution in [0.3, 0.4) is 0 Å². The highest BCUT2D eigenvalue weighted by Crippen LogP contribution is 2.31. The number of benzene rings is 4. The number of rotatable bonds is 8. The average Bonchev–Trinajstić information content (AvgIpc) is 3.49. The third kappa shape index (κ3) is 4.95. The van der Waals surface area contributed by atoms with Crippen molar-refractivity contribution in [3.63, 3.8) is 0 Å². The molecule has 0 saturated heterocycles. The highest BCUT2D eigenvalue weighted by molar-refractivity contribution is 7.20. The minimum atomic E-state index is 0.218. The summed E-state index contributed by atoms with van der Waals surface area (Å²) in [5, 5.41) is 0.644. The second-order valence-electron chi connectivity index (χ2n) is 7.81. The van der Waals surface area contributed by atoms with Crippen LogP contribution in [0, 0.1) is 0 Å². The summed E-state index contributed by atoms with van der Waals surface area (Å²) >= 11 is 1.54. The third-order valence-electron chi connectivity index (χ3n) is 5.37. The Morgan fingerprint density at radius 3 is 2.14 bits per heavy atom. The molecule has 0 aliphatic rings. The number of para-hydroxylation sites is 3. The van der Waals surface area contributed by atoms with Gasteiger partial charge in [0.15, 0.2) is 5.58 Å². The molecule has 6 nitrogen and oxygen atoms in total. The zero-order valence-electron chi connectivity index (χ0n) is 18.6. The van der Waals surface area contributed by atoms with Gasteiger partial charge in [-0.25, -0.2) is 4.98 Å². The van der Waals surface area contributed by atoms with E-state index in [9.17, 15) is 0 Å². The van der Waals surface area contributed by atoms with Crippen LogP contribution in [-0.4, -0.2) is 16.6 Å². The maximum absolute atomic E-state index is 5.92. The number of nitrogens with zero attached hydrogens (tertiary/aromatic N) is 2. The molecule has 0 N–H and O–H groups in total. The van der Waals surface area contributed by atoms with E-state index in [4.69, 9.17) is 18.6 Å². The lowest BCUT2D eigenvalue weighted by atomic mass is 10.1. The largest absolute Gasteiger partial charge is 0.493 e. The van der Waals surface area contributed by atoms with Gasteiger partial charge in [0.2, 0.25) is 0 Å². The molecule has 172 valence electrons.